The number of aromatic nitrogens is 2. The maximum Gasteiger partial charge on any atom is 0.282 e. The Bertz CT molecular complexity index is 1810. The van der Waals surface area contributed by atoms with Crippen LogP contribution in [0.1, 0.15) is 42.0 Å². The van der Waals surface area contributed by atoms with Gasteiger partial charge in [0, 0.05) is 5.56 Å². The molecule has 0 bridgehead atoms. The predicted molar refractivity (Wildman–Crippen MR) is 170 cm³/mol. The Morgan fingerprint density at radius 3 is 2.49 bits per heavy atom. The van der Waals surface area contributed by atoms with Crippen LogP contribution in [0.5, 0.6) is 11.5 Å². The largest absolute Gasteiger partial charge is 0.496 e. The van der Waals surface area contributed by atoms with Gasteiger partial charge in [-0.15, -0.1) is 0 Å². The molecule has 0 saturated carbocycles. The molecule has 208 valence electrons. The van der Waals surface area contributed by atoms with Crippen LogP contribution in [0, 0.1) is 16.3 Å². The second kappa shape index (κ2) is 12.2. The van der Waals surface area contributed by atoms with Crippen LogP contribution in [0.4, 0.5) is 4.39 Å². The Hall–Kier alpha value is -4.05. The molecular weight excluding hydrogens is 632 g/mol. The van der Waals surface area contributed by atoms with Crippen molar-refractivity contribution in [2.75, 3.05) is 7.11 Å². The molecule has 1 aromatic heterocycles. The van der Waals surface area contributed by atoms with Crippen LogP contribution in [0.2, 0.25) is 0 Å². The average Bonchev–Trinajstić information content (AvgIpc) is 2.96. The maximum absolute atomic E-state index is 13.7. The quantitative estimate of drug-likeness (QED) is 0.126. The first-order valence-corrected chi connectivity index (χ1v) is 14.2. The molecule has 0 saturated heterocycles. The zero-order valence-corrected chi connectivity index (χ0v) is 25.3. The number of benzene rings is 4. The molecule has 0 aliphatic carbocycles. The summed E-state index contributed by atoms with van der Waals surface area (Å²) in [7, 11) is 1.66. The van der Waals surface area contributed by atoms with Crippen molar-refractivity contribution in [3.05, 3.63) is 121 Å². The van der Waals surface area contributed by atoms with Gasteiger partial charge >= 0.3 is 0 Å². The van der Waals surface area contributed by atoms with Crippen molar-refractivity contribution >= 4 is 39.7 Å². The van der Waals surface area contributed by atoms with E-state index < -0.39 is 0 Å². The molecule has 0 unspecified atom stereocenters. The number of rotatable bonds is 8. The number of para-hydroxylation sites is 1. The number of hydrogen-bond donors (Lipinski definition) is 0. The Morgan fingerprint density at radius 1 is 1.02 bits per heavy atom. The lowest BCUT2D eigenvalue weighted by atomic mass is 9.96. The van der Waals surface area contributed by atoms with Gasteiger partial charge in [-0.2, -0.15) is 9.78 Å². The van der Waals surface area contributed by atoms with Crippen LogP contribution < -0.4 is 15.0 Å². The number of aryl methyl sites for hydroxylation is 1. The molecule has 0 aliphatic heterocycles. The van der Waals surface area contributed by atoms with Gasteiger partial charge < -0.3 is 9.47 Å². The maximum atomic E-state index is 13.7. The molecule has 0 atom stereocenters. The molecule has 8 heteroatoms. The SMILES string of the molecule is COc1cc(C)c(-c2nc3ccccc3c(=O)n2N=Cc2ccc(OCc3ccc(F)cc3)c(I)c2)cc1C(C)C. The molecular formula is C33H29FIN3O3. The van der Waals surface area contributed by atoms with Crippen LogP contribution in [0.25, 0.3) is 22.3 Å². The van der Waals surface area contributed by atoms with E-state index in [4.69, 9.17) is 14.5 Å². The summed E-state index contributed by atoms with van der Waals surface area (Å²) in [6.45, 7) is 6.50. The van der Waals surface area contributed by atoms with Crippen molar-refractivity contribution in [3.8, 4) is 22.9 Å². The number of ether oxygens (including phenoxy) is 2. The van der Waals surface area contributed by atoms with Gasteiger partial charge in [-0.05, 0) is 112 Å². The first kappa shape index (κ1) is 28.5. The molecule has 5 rings (SSSR count). The van der Waals surface area contributed by atoms with Crippen LogP contribution >= 0.6 is 22.6 Å². The molecule has 0 amide bonds. The van der Waals surface area contributed by atoms with Crippen LogP contribution in [-0.2, 0) is 6.61 Å². The number of hydrogen-bond acceptors (Lipinski definition) is 5. The topological polar surface area (TPSA) is 65.7 Å². The Morgan fingerprint density at radius 2 is 1.78 bits per heavy atom. The third-order valence-electron chi connectivity index (χ3n) is 6.78. The zero-order chi connectivity index (χ0) is 29.1. The Balaban J connectivity index is 1.53. The second-order valence-electron chi connectivity index (χ2n) is 9.98. The molecule has 6 nitrogen and oxygen atoms in total. The van der Waals surface area contributed by atoms with Gasteiger partial charge in [0.15, 0.2) is 5.82 Å². The van der Waals surface area contributed by atoms with Gasteiger partial charge in [0.05, 0.1) is 27.8 Å². The number of methoxy groups -OCH3 is 1. The van der Waals surface area contributed by atoms with Gasteiger partial charge in [0.1, 0.15) is 23.9 Å². The number of halogens is 2. The van der Waals surface area contributed by atoms with Gasteiger partial charge in [-0.1, -0.05) is 38.1 Å². The van der Waals surface area contributed by atoms with Gasteiger partial charge in [0.2, 0.25) is 0 Å². The van der Waals surface area contributed by atoms with E-state index in [1.54, 1.807) is 31.5 Å². The van der Waals surface area contributed by atoms with Crippen molar-refractivity contribution in [3.63, 3.8) is 0 Å². The minimum absolute atomic E-state index is 0.208. The molecule has 0 spiro atoms. The predicted octanol–water partition coefficient (Wildman–Crippen LogP) is 7.71. The lowest BCUT2D eigenvalue weighted by Gasteiger charge is -2.17. The van der Waals surface area contributed by atoms with E-state index in [0.717, 1.165) is 37.1 Å². The summed E-state index contributed by atoms with van der Waals surface area (Å²) >= 11 is 2.20. The number of nitrogens with zero attached hydrogens (tertiary/aromatic N) is 3. The fourth-order valence-corrected chi connectivity index (χ4v) is 5.25. The van der Waals surface area contributed by atoms with E-state index in [-0.39, 0.29) is 17.3 Å². The van der Waals surface area contributed by atoms with Crippen molar-refractivity contribution in [2.45, 2.75) is 33.3 Å². The number of fused-ring (bicyclic) bond motifs is 1. The molecule has 1 heterocycles. The van der Waals surface area contributed by atoms with Gasteiger partial charge in [0.25, 0.3) is 5.56 Å². The van der Waals surface area contributed by atoms with E-state index in [2.05, 4.69) is 41.5 Å². The van der Waals surface area contributed by atoms with Crippen molar-refractivity contribution in [2.24, 2.45) is 5.10 Å². The molecule has 5 aromatic rings. The van der Waals surface area contributed by atoms with E-state index >= 15 is 0 Å². The van der Waals surface area contributed by atoms with Crippen LogP contribution in [0.15, 0.2) is 88.8 Å². The van der Waals surface area contributed by atoms with E-state index in [0.29, 0.717) is 29.1 Å². The van der Waals surface area contributed by atoms with E-state index in [1.807, 2.05) is 55.5 Å². The fourth-order valence-electron chi connectivity index (χ4n) is 4.55. The third kappa shape index (κ3) is 6.17. The summed E-state index contributed by atoms with van der Waals surface area (Å²) in [5.74, 6) is 1.89. The summed E-state index contributed by atoms with van der Waals surface area (Å²) < 4.78 is 27.0. The first-order chi connectivity index (χ1) is 19.7. The molecule has 0 aliphatic rings. The Labute approximate surface area is 251 Å². The lowest BCUT2D eigenvalue weighted by molar-refractivity contribution is 0.304. The summed E-state index contributed by atoms with van der Waals surface area (Å²) in [4.78, 5) is 18.6. The Kier molecular flexibility index (Phi) is 8.49. The molecule has 0 fully saturated rings. The first-order valence-electron chi connectivity index (χ1n) is 13.2. The van der Waals surface area contributed by atoms with Crippen molar-refractivity contribution < 1.29 is 13.9 Å². The van der Waals surface area contributed by atoms with Gasteiger partial charge in [-0.25, -0.2) is 9.37 Å². The summed E-state index contributed by atoms with van der Waals surface area (Å²) in [5, 5.41) is 5.13. The highest BCUT2D eigenvalue weighted by molar-refractivity contribution is 14.1. The standard InChI is InChI=1S/C33H29FIN3O3/c1-20(2)26-17-27(21(3)15-31(26)40-4)32-37-29-8-6-5-7-25(29)33(39)38(32)36-18-23-11-14-30(28(35)16-23)41-19-22-9-12-24(34)13-10-22/h5-18,20H,19H2,1-4H3. The highest BCUT2D eigenvalue weighted by Crippen LogP contribution is 2.34. The summed E-state index contributed by atoms with van der Waals surface area (Å²) in [6.07, 6.45) is 1.65. The van der Waals surface area contributed by atoms with E-state index in [1.165, 1.54) is 16.8 Å². The third-order valence-corrected chi connectivity index (χ3v) is 7.62. The van der Waals surface area contributed by atoms with Crippen LogP contribution in [-0.4, -0.2) is 23.0 Å². The van der Waals surface area contributed by atoms with Crippen molar-refractivity contribution in [1.82, 2.24) is 9.66 Å². The molecule has 0 radical (unpaired) electrons. The average molecular weight is 662 g/mol. The second-order valence-corrected chi connectivity index (χ2v) is 11.1. The van der Waals surface area contributed by atoms with E-state index in [9.17, 15) is 9.18 Å². The smallest absolute Gasteiger partial charge is 0.282 e. The summed E-state index contributed by atoms with van der Waals surface area (Å²) in [6, 6.07) is 23.2. The highest BCUT2D eigenvalue weighted by atomic mass is 127. The molecule has 0 N–H and O–H groups in total. The zero-order valence-electron chi connectivity index (χ0n) is 23.2. The molecule has 41 heavy (non-hydrogen) atoms. The van der Waals surface area contributed by atoms with Gasteiger partial charge in [-0.3, -0.25) is 4.79 Å². The minimum atomic E-state index is -0.279. The monoisotopic (exact) mass is 661 g/mol. The van der Waals surface area contributed by atoms with Crippen molar-refractivity contribution in [1.29, 1.82) is 0 Å². The highest BCUT2D eigenvalue weighted by Gasteiger charge is 2.18. The van der Waals surface area contributed by atoms with Crippen LogP contribution in [0.3, 0.4) is 0 Å². The normalized spacial score (nSPS) is 11.5. The fraction of sp³-hybridized carbons (Fsp3) is 0.182. The molecule has 4 aromatic carbocycles. The summed E-state index contributed by atoms with van der Waals surface area (Å²) in [5.41, 5.74) is 4.79. The minimum Gasteiger partial charge on any atom is -0.496 e. The lowest BCUT2D eigenvalue weighted by Crippen LogP contribution is -2.20.